The van der Waals surface area contributed by atoms with Crippen molar-refractivity contribution in [2.24, 2.45) is 0 Å². The average molecular weight is 384 g/mol. The van der Waals surface area contributed by atoms with Gasteiger partial charge in [-0.1, -0.05) is 23.5 Å². The van der Waals surface area contributed by atoms with Crippen LogP contribution in [0.2, 0.25) is 0 Å². The number of anilines is 1. The quantitative estimate of drug-likeness (QED) is 0.695. The molecule has 1 aliphatic heterocycles. The Morgan fingerprint density at radius 1 is 1.19 bits per heavy atom. The standard InChI is InChI=1S/C20H20N2O4S/c1-24-14-7-5-13(6-8-14)3-2-4-19(23)22-20-21-15-11-16-17(12-18(15)27-20)26-10-9-25-16/h5-8,11-12H,2-4,9-10H2,1H3,(H,21,22,23). The number of rotatable bonds is 6. The number of nitrogens with one attached hydrogen (secondary N) is 1. The lowest BCUT2D eigenvalue weighted by Gasteiger charge is -2.17. The van der Waals surface area contributed by atoms with Crippen LogP contribution in [0.15, 0.2) is 36.4 Å². The molecule has 0 aliphatic carbocycles. The Balaban J connectivity index is 1.33. The molecule has 2 aromatic carbocycles. The minimum Gasteiger partial charge on any atom is -0.497 e. The predicted octanol–water partition coefficient (Wildman–Crippen LogP) is 4.04. The predicted molar refractivity (Wildman–Crippen MR) is 105 cm³/mol. The van der Waals surface area contributed by atoms with E-state index in [0.29, 0.717) is 30.5 Å². The molecule has 3 aromatic rings. The number of thiazole rings is 1. The smallest absolute Gasteiger partial charge is 0.226 e. The van der Waals surface area contributed by atoms with E-state index in [2.05, 4.69) is 10.3 Å². The SMILES string of the molecule is COc1ccc(CCCC(=O)Nc2nc3cc4c(cc3s2)OCCO4)cc1. The number of benzene rings is 2. The third kappa shape index (κ3) is 4.14. The van der Waals surface area contributed by atoms with Crippen molar-refractivity contribution in [2.75, 3.05) is 25.6 Å². The molecule has 0 saturated heterocycles. The second kappa shape index (κ2) is 7.84. The highest BCUT2D eigenvalue weighted by Gasteiger charge is 2.16. The van der Waals surface area contributed by atoms with Crippen molar-refractivity contribution < 1.29 is 19.0 Å². The first kappa shape index (κ1) is 17.6. The van der Waals surface area contributed by atoms with Gasteiger partial charge in [0.25, 0.3) is 0 Å². The van der Waals surface area contributed by atoms with Gasteiger partial charge in [-0.15, -0.1) is 0 Å². The zero-order valence-corrected chi connectivity index (χ0v) is 15.8. The van der Waals surface area contributed by atoms with Crippen LogP contribution in [0.1, 0.15) is 18.4 Å². The summed E-state index contributed by atoms with van der Waals surface area (Å²) in [5.74, 6) is 2.25. The maximum absolute atomic E-state index is 12.2. The van der Waals surface area contributed by atoms with Gasteiger partial charge in [0, 0.05) is 18.6 Å². The molecule has 0 atom stereocenters. The van der Waals surface area contributed by atoms with Crippen LogP contribution in [0.25, 0.3) is 10.2 Å². The highest BCUT2D eigenvalue weighted by molar-refractivity contribution is 7.22. The summed E-state index contributed by atoms with van der Waals surface area (Å²) >= 11 is 1.44. The Morgan fingerprint density at radius 3 is 2.67 bits per heavy atom. The molecule has 6 nitrogen and oxygen atoms in total. The van der Waals surface area contributed by atoms with Gasteiger partial charge >= 0.3 is 0 Å². The van der Waals surface area contributed by atoms with Crippen molar-refractivity contribution in [1.82, 2.24) is 4.98 Å². The molecule has 0 saturated carbocycles. The second-order valence-electron chi connectivity index (χ2n) is 6.23. The molecule has 0 fully saturated rings. The zero-order chi connectivity index (χ0) is 18.6. The van der Waals surface area contributed by atoms with E-state index < -0.39 is 0 Å². The lowest BCUT2D eigenvalue weighted by Crippen LogP contribution is -2.15. The number of hydrogen-bond acceptors (Lipinski definition) is 6. The summed E-state index contributed by atoms with van der Waals surface area (Å²) in [7, 11) is 1.65. The van der Waals surface area contributed by atoms with Gasteiger partial charge in [0.05, 0.1) is 17.3 Å². The first-order chi connectivity index (χ1) is 13.2. The van der Waals surface area contributed by atoms with E-state index in [0.717, 1.165) is 34.6 Å². The van der Waals surface area contributed by atoms with Crippen molar-refractivity contribution >= 4 is 32.6 Å². The van der Waals surface area contributed by atoms with Gasteiger partial charge in [0.15, 0.2) is 16.6 Å². The van der Waals surface area contributed by atoms with Gasteiger partial charge < -0.3 is 19.5 Å². The fraction of sp³-hybridized carbons (Fsp3) is 0.300. The Hall–Kier alpha value is -2.80. The molecule has 4 rings (SSSR count). The van der Waals surface area contributed by atoms with Gasteiger partial charge in [-0.3, -0.25) is 4.79 Å². The van der Waals surface area contributed by atoms with Gasteiger partial charge in [-0.2, -0.15) is 0 Å². The van der Waals surface area contributed by atoms with Crippen LogP contribution >= 0.6 is 11.3 Å². The molecule has 0 radical (unpaired) electrons. The number of fused-ring (bicyclic) bond motifs is 2. The van der Waals surface area contributed by atoms with E-state index in [1.54, 1.807) is 7.11 Å². The number of amides is 1. The van der Waals surface area contributed by atoms with Gasteiger partial charge in [0.1, 0.15) is 19.0 Å². The van der Waals surface area contributed by atoms with E-state index >= 15 is 0 Å². The Labute approximate surface area is 161 Å². The van der Waals surface area contributed by atoms with Gasteiger partial charge in [0.2, 0.25) is 5.91 Å². The number of aryl methyl sites for hydroxylation is 1. The summed E-state index contributed by atoms with van der Waals surface area (Å²) in [5, 5.41) is 3.49. The fourth-order valence-electron chi connectivity index (χ4n) is 2.95. The summed E-state index contributed by atoms with van der Waals surface area (Å²) in [5.41, 5.74) is 1.99. The highest BCUT2D eigenvalue weighted by Crippen LogP contribution is 2.37. The molecule has 0 bridgehead atoms. The van der Waals surface area contributed by atoms with Crippen molar-refractivity contribution in [3.8, 4) is 17.2 Å². The molecule has 1 aliphatic rings. The summed E-state index contributed by atoms with van der Waals surface area (Å²) in [6.07, 6.45) is 2.07. The lowest BCUT2D eigenvalue weighted by molar-refractivity contribution is -0.116. The Kier molecular flexibility index (Phi) is 5.11. The number of carbonyl (C=O) groups is 1. The maximum atomic E-state index is 12.2. The van der Waals surface area contributed by atoms with E-state index in [1.807, 2.05) is 36.4 Å². The largest absolute Gasteiger partial charge is 0.497 e. The summed E-state index contributed by atoms with van der Waals surface area (Å²) in [4.78, 5) is 16.7. The molecule has 0 unspecified atom stereocenters. The van der Waals surface area contributed by atoms with Crippen LogP contribution in [0, 0.1) is 0 Å². The minimum atomic E-state index is -0.0279. The monoisotopic (exact) mass is 384 g/mol. The highest BCUT2D eigenvalue weighted by atomic mass is 32.1. The molecular weight excluding hydrogens is 364 g/mol. The Morgan fingerprint density at radius 2 is 1.93 bits per heavy atom. The second-order valence-corrected chi connectivity index (χ2v) is 7.26. The number of methoxy groups -OCH3 is 1. The van der Waals surface area contributed by atoms with Gasteiger partial charge in [-0.05, 0) is 30.5 Å². The lowest BCUT2D eigenvalue weighted by atomic mass is 10.1. The minimum absolute atomic E-state index is 0.0279. The number of nitrogens with zero attached hydrogens (tertiary/aromatic N) is 1. The average Bonchev–Trinajstić information content (AvgIpc) is 3.07. The number of carbonyl (C=O) groups excluding carboxylic acids is 1. The van der Waals surface area contributed by atoms with Crippen molar-refractivity contribution in [3.05, 3.63) is 42.0 Å². The zero-order valence-electron chi connectivity index (χ0n) is 15.0. The van der Waals surface area contributed by atoms with E-state index in [4.69, 9.17) is 14.2 Å². The summed E-state index contributed by atoms with van der Waals surface area (Å²) in [6, 6.07) is 11.7. The van der Waals surface area contributed by atoms with Crippen molar-refractivity contribution in [2.45, 2.75) is 19.3 Å². The Bertz CT molecular complexity index is 910. The third-order valence-corrected chi connectivity index (χ3v) is 5.26. The van der Waals surface area contributed by atoms with Crippen LogP contribution in [-0.4, -0.2) is 31.2 Å². The first-order valence-electron chi connectivity index (χ1n) is 8.84. The topological polar surface area (TPSA) is 69.7 Å². The van der Waals surface area contributed by atoms with E-state index in [1.165, 1.54) is 16.9 Å². The molecule has 0 spiro atoms. The van der Waals surface area contributed by atoms with Crippen molar-refractivity contribution in [3.63, 3.8) is 0 Å². The van der Waals surface area contributed by atoms with Crippen LogP contribution in [0.5, 0.6) is 17.2 Å². The maximum Gasteiger partial charge on any atom is 0.226 e. The fourth-order valence-corrected chi connectivity index (χ4v) is 3.84. The third-order valence-electron chi connectivity index (χ3n) is 4.33. The number of aromatic nitrogens is 1. The van der Waals surface area contributed by atoms with Crippen LogP contribution in [0.3, 0.4) is 0 Å². The molecule has 1 aromatic heterocycles. The molecule has 2 heterocycles. The van der Waals surface area contributed by atoms with Crippen LogP contribution < -0.4 is 19.5 Å². The first-order valence-corrected chi connectivity index (χ1v) is 9.66. The molecule has 7 heteroatoms. The number of hydrogen-bond donors (Lipinski definition) is 1. The molecule has 1 N–H and O–H groups in total. The molecule has 1 amide bonds. The number of ether oxygens (including phenoxy) is 3. The van der Waals surface area contributed by atoms with Gasteiger partial charge in [-0.25, -0.2) is 4.98 Å². The van der Waals surface area contributed by atoms with E-state index in [9.17, 15) is 4.79 Å². The van der Waals surface area contributed by atoms with Crippen molar-refractivity contribution in [1.29, 1.82) is 0 Å². The van der Waals surface area contributed by atoms with Crippen LogP contribution in [0.4, 0.5) is 5.13 Å². The normalized spacial score (nSPS) is 12.8. The summed E-state index contributed by atoms with van der Waals surface area (Å²) in [6.45, 7) is 1.09. The molecule has 27 heavy (non-hydrogen) atoms. The molecular formula is C20H20N2O4S. The molecule has 140 valence electrons. The summed E-state index contributed by atoms with van der Waals surface area (Å²) < 4.78 is 17.3. The van der Waals surface area contributed by atoms with Crippen LogP contribution in [-0.2, 0) is 11.2 Å². The van der Waals surface area contributed by atoms with E-state index in [-0.39, 0.29) is 5.91 Å².